The van der Waals surface area contributed by atoms with Gasteiger partial charge in [-0.25, -0.2) is 9.18 Å². The second-order valence-corrected chi connectivity index (χ2v) is 6.59. The molecule has 7 heteroatoms. The molecule has 0 bridgehead atoms. The van der Waals surface area contributed by atoms with E-state index in [1.807, 2.05) is 20.8 Å². The van der Waals surface area contributed by atoms with Crippen LogP contribution in [0.25, 0.3) is 0 Å². The summed E-state index contributed by atoms with van der Waals surface area (Å²) in [5.41, 5.74) is 1.49. The SMILES string of the molecule is Cc1cc(NC(=O)N(CC(C)C)CC(O)c2ccc(F)cc2)nn1C. The summed E-state index contributed by atoms with van der Waals surface area (Å²) >= 11 is 0. The van der Waals surface area contributed by atoms with Crippen molar-refractivity contribution in [2.75, 3.05) is 18.4 Å². The van der Waals surface area contributed by atoms with Crippen LogP contribution in [0.5, 0.6) is 0 Å². The van der Waals surface area contributed by atoms with Crippen molar-refractivity contribution in [3.05, 3.63) is 47.4 Å². The van der Waals surface area contributed by atoms with Crippen molar-refractivity contribution < 1.29 is 14.3 Å². The summed E-state index contributed by atoms with van der Waals surface area (Å²) in [7, 11) is 1.80. The fourth-order valence-corrected chi connectivity index (χ4v) is 2.49. The van der Waals surface area contributed by atoms with Crippen LogP contribution in [0.15, 0.2) is 30.3 Å². The normalized spacial score (nSPS) is 12.3. The Balaban J connectivity index is 2.08. The molecular weight excluding hydrogens is 323 g/mol. The predicted molar refractivity (Wildman–Crippen MR) is 94.7 cm³/mol. The number of hydrogen-bond donors (Lipinski definition) is 2. The Bertz CT molecular complexity index is 693. The van der Waals surface area contributed by atoms with E-state index >= 15 is 0 Å². The number of nitrogens with zero attached hydrogens (tertiary/aromatic N) is 3. The zero-order valence-electron chi connectivity index (χ0n) is 15.0. The monoisotopic (exact) mass is 348 g/mol. The quantitative estimate of drug-likeness (QED) is 0.843. The van der Waals surface area contributed by atoms with Gasteiger partial charge in [-0.15, -0.1) is 0 Å². The van der Waals surface area contributed by atoms with E-state index in [1.165, 1.54) is 24.3 Å². The molecule has 25 heavy (non-hydrogen) atoms. The summed E-state index contributed by atoms with van der Waals surface area (Å²) in [5, 5.41) is 17.4. The number of urea groups is 1. The van der Waals surface area contributed by atoms with Gasteiger partial charge >= 0.3 is 6.03 Å². The summed E-state index contributed by atoms with van der Waals surface area (Å²) in [6.07, 6.45) is -0.893. The lowest BCUT2D eigenvalue weighted by Gasteiger charge is -2.27. The fraction of sp³-hybridized carbons (Fsp3) is 0.444. The highest BCUT2D eigenvalue weighted by atomic mass is 19.1. The topological polar surface area (TPSA) is 70.4 Å². The number of halogens is 1. The van der Waals surface area contributed by atoms with Gasteiger partial charge in [0.2, 0.25) is 0 Å². The lowest BCUT2D eigenvalue weighted by atomic mass is 10.1. The van der Waals surface area contributed by atoms with E-state index in [9.17, 15) is 14.3 Å². The molecule has 0 aliphatic heterocycles. The molecule has 0 aliphatic carbocycles. The van der Waals surface area contributed by atoms with E-state index in [-0.39, 0.29) is 24.3 Å². The number of benzene rings is 1. The van der Waals surface area contributed by atoms with Crippen molar-refractivity contribution in [1.29, 1.82) is 0 Å². The second kappa shape index (κ2) is 8.11. The van der Waals surface area contributed by atoms with Gasteiger partial charge < -0.3 is 10.0 Å². The van der Waals surface area contributed by atoms with Gasteiger partial charge in [-0.05, 0) is 30.5 Å². The first-order chi connectivity index (χ1) is 11.8. The van der Waals surface area contributed by atoms with Gasteiger partial charge in [-0.2, -0.15) is 5.10 Å². The molecule has 0 fully saturated rings. The van der Waals surface area contributed by atoms with Crippen molar-refractivity contribution in [2.24, 2.45) is 13.0 Å². The van der Waals surface area contributed by atoms with Gasteiger partial charge in [-0.1, -0.05) is 26.0 Å². The molecule has 1 aromatic heterocycles. The number of nitrogens with one attached hydrogen (secondary N) is 1. The van der Waals surface area contributed by atoms with Crippen LogP contribution in [-0.2, 0) is 7.05 Å². The van der Waals surface area contributed by atoms with Crippen molar-refractivity contribution in [3.8, 4) is 0 Å². The summed E-state index contributed by atoms with van der Waals surface area (Å²) < 4.78 is 14.7. The van der Waals surface area contributed by atoms with Crippen LogP contribution in [0.2, 0.25) is 0 Å². The van der Waals surface area contributed by atoms with Gasteiger partial charge in [0, 0.05) is 25.4 Å². The number of anilines is 1. The Morgan fingerprint density at radius 3 is 2.48 bits per heavy atom. The van der Waals surface area contributed by atoms with Crippen molar-refractivity contribution in [2.45, 2.75) is 26.9 Å². The largest absolute Gasteiger partial charge is 0.387 e. The highest BCUT2D eigenvalue weighted by Gasteiger charge is 2.20. The minimum Gasteiger partial charge on any atom is -0.387 e. The Hall–Kier alpha value is -2.41. The maximum atomic E-state index is 13.0. The molecule has 1 aromatic carbocycles. The molecule has 1 heterocycles. The van der Waals surface area contributed by atoms with E-state index in [0.29, 0.717) is 17.9 Å². The van der Waals surface area contributed by atoms with Crippen LogP contribution in [0.3, 0.4) is 0 Å². The third kappa shape index (κ3) is 5.29. The minimum atomic E-state index is -0.893. The number of aryl methyl sites for hydroxylation is 2. The zero-order chi connectivity index (χ0) is 18.6. The summed E-state index contributed by atoms with van der Waals surface area (Å²) in [6.45, 7) is 6.48. The molecule has 2 amide bonds. The molecule has 0 aliphatic rings. The number of aromatic nitrogens is 2. The van der Waals surface area contributed by atoms with E-state index in [0.717, 1.165) is 5.69 Å². The molecule has 6 nitrogen and oxygen atoms in total. The van der Waals surface area contributed by atoms with Crippen LogP contribution in [0, 0.1) is 18.7 Å². The molecule has 136 valence electrons. The van der Waals surface area contributed by atoms with Crippen LogP contribution >= 0.6 is 0 Å². The first-order valence-corrected chi connectivity index (χ1v) is 8.26. The highest BCUT2D eigenvalue weighted by molar-refractivity contribution is 5.88. The molecule has 0 spiro atoms. The molecule has 0 saturated carbocycles. The third-order valence-corrected chi connectivity index (χ3v) is 3.87. The van der Waals surface area contributed by atoms with Crippen LogP contribution in [0.4, 0.5) is 15.0 Å². The molecule has 2 aromatic rings. The average Bonchev–Trinajstić information content (AvgIpc) is 2.84. The standard InChI is InChI=1S/C18H25FN4O2/c1-12(2)10-23(11-16(24)14-5-7-15(19)8-6-14)18(25)20-17-9-13(3)22(4)21-17/h5-9,12,16,24H,10-11H2,1-4H3,(H,20,21,25). The van der Waals surface area contributed by atoms with Crippen LogP contribution in [-0.4, -0.2) is 38.9 Å². The van der Waals surface area contributed by atoms with E-state index in [1.54, 1.807) is 22.7 Å². The Labute approximate surface area is 147 Å². The maximum absolute atomic E-state index is 13.0. The van der Waals surface area contributed by atoms with Gasteiger partial charge in [0.05, 0.1) is 12.6 Å². The van der Waals surface area contributed by atoms with Crippen LogP contribution < -0.4 is 5.32 Å². The maximum Gasteiger partial charge on any atom is 0.323 e. The number of hydrogen-bond acceptors (Lipinski definition) is 3. The van der Waals surface area contributed by atoms with Gasteiger partial charge in [0.15, 0.2) is 5.82 Å². The Morgan fingerprint density at radius 1 is 1.32 bits per heavy atom. The molecule has 2 rings (SSSR count). The first kappa shape index (κ1) is 18.9. The van der Waals surface area contributed by atoms with Crippen molar-refractivity contribution in [1.82, 2.24) is 14.7 Å². The van der Waals surface area contributed by atoms with E-state index in [4.69, 9.17) is 0 Å². The zero-order valence-corrected chi connectivity index (χ0v) is 15.0. The lowest BCUT2D eigenvalue weighted by Crippen LogP contribution is -2.40. The number of aliphatic hydroxyl groups excluding tert-OH is 1. The van der Waals surface area contributed by atoms with Gasteiger partial charge in [-0.3, -0.25) is 10.00 Å². The predicted octanol–water partition coefficient (Wildman–Crippen LogP) is 3.09. The number of amides is 2. The lowest BCUT2D eigenvalue weighted by molar-refractivity contribution is 0.121. The number of aliphatic hydroxyl groups is 1. The molecule has 0 saturated heterocycles. The van der Waals surface area contributed by atoms with Crippen LogP contribution in [0.1, 0.15) is 31.2 Å². The Morgan fingerprint density at radius 2 is 1.96 bits per heavy atom. The average molecular weight is 348 g/mol. The molecule has 1 unspecified atom stereocenters. The smallest absolute Gasteiger partial charge is 0.323 e. The number of carbonyl (C=O) groups excluding carboxylic acids is 1. The fourth-order valence-electron chi connectivity index (χ4n) is 2.49. The summed E-state index contributed by atoms with van der Waals surface area (Å²) in [4.78, 5) is 14.1. The second-order valence-electron chi connectivity index (χ2n) is 6.59. The van der Waals surface area contributed by atoms with Crippen molar-refractivity contribution in [3.63, 3.8) is 0 Å². The van der Waals surface area contributed by atoms with E-state index in [2.05, 4.69) is 10.4 Å². The summed E-state index contributed by atoms with van der Waals surface area (Å²) in [6, 6.07) is 7.08. The van der Waals surface area contributed by atoms with E-state index < -0.39 is 6.10 Å². The molecule has 1 atom stereocenters. The highest BCUT2D eigenvalue weighted by Crippen LogP contribution is 2.17. The minimum absolute atomic E-state index is 0.113. The third-order valence-electron chi connectivity index (χ3n) is 3.87. The molecule has 0 radical (unpaired) electrons. The number of carbonyl (C=O) groups is 1. The summed E-state index contributed by atoms with van der Waals surface area (Å²) in [5.74, 6) is 0.338. The van der Waals surface area contributed by atoms with Gasteiger partial charge in [0.1, 0.15) is 5.82 Å². The Kier molecular flexibility index (Phi) is 6.14. The van der Waals surface area contributed by atoms with Crippen molar-refractivity contribution >= 4 is 11.8 Å². The van der Waals surface area contributed by atoms with Gasteiger partial charge in [0.25, 0.3) is 0 Å². The molecule has 2 N–H and O–H groups in total. The first-order valence-electron chi connectivity index (χ1n) is 8.26. The molecular formula is C18H25FN4O2. The number of rotatable bonds is 6.